The van der Waals surface area contributed by atoms with Crippen LogP contribution >= 0.6 is 0 Å². The minimum absolute atomic E-state index is 0.228. The summed E-state index contributed by atoms with van der Waals surface area (Å²) in [5, 5.41) is 3.29. The van der Waals surface area contributed by atoms with Gasteiger partial charge in [-0.1, -0.05) is 0 Å². The maximum atomic E-state index is 10.6. The number of hydrogen-bond acceptors (Lipinski definition) is 4. The first kappa shape index (κ1) is 11.4. The molecule has 1 aliphatic heterocycles. The van der Waals surface area contributed by atoms with Crippen LogP contribution in [-0.4, -0.2) is 38.3 Å². The molecule has 14 heavy (non-hydrogen) atoms. The first-order chi connectivity index (χ1) is 6.70. The van der Waals surface area contributed by atoms with Crippen LogP contribution in [0.2, 0.25) is 0 Å². The van der Waals surface area contributed by atoms with Gasteiger partial charge < -0.3 is 21.5 Å². The Morgan fingerprint density at radius 3 is 3.00 bits per heavy atom. The Hall–Kier alpha value is -0.650. The number of rotatable bonds is 5. The van der Waals surface area contributed by atoms with E-state index in [1.54, 1.807) is 0 Å². The van der Waals surface area contributed by atoms with Gasteiger partial charge in [0.2, 0.25) is 5.91 Å². The Morgan fingerprint density at radius 2 is 2.43 bits per heavy atom. The number of carbonyl (C=O) groups excluding carboxylic acids is 1. The van der Waals surface area contributed by atoms with E-state index >= 15 is 0 Å². The number of amides is 1. The molecule has 0 radical (unpaired) electrons. The summed E-state index contributed by atoms with van der Waals surface area (Å²) < 4.78 is 5.33. The van der Waals surface area contributed by atoms with Crippen molar-refractivity contribution in [2.75, 3.05) is 26.3 Å². The summed E-state index contributed by atoms with van der Waals surface area (Å²) in [7, 11) is 0. The minimum atomic E-state index is -0.674. The van der Waals surface area contributed by atoms with Crippen molar-refractivity contribution in [2.45, 2.75) is 18.9 Å². The molecule has 2 atom stereocenters. The van der Waals surface area contributed by atoms with E-state index in [0.717, 1.165) is 13.1 Å². The Morgan fingerprint density at radius 1 is 1.64 bits per heavy atom. The molecule has 0 aromatic carbocycles. The SMILES string of the molecule is NC(=O)C(N)COCC1CCCNC1. The van der Waals surface area contributed by atoms with Crippen LogP contribution in [-0.2, 0) is 9.53 Å². The lowest BCUT2D eigenvalue weighted by atomic mass is 10.0. The summed E-state index contributed by atoms with van der Waals surface area (Å²) >= 11 is 0. The summed E-state index contributed by atoms with van der Waals surface area (Å²) in [5.74, 6) is 0.0376. The number of primary amides is 1. The van der Waals surface area contributed by atoms with Crippen molar-refractivity contribution in [3.05, 3.63) is 0 Å². The van der Waals surface area contributed by atoms with Crippen LogP contribution in [0.1, 0.15) is 12.8 Å². The number of nitrogens with one attached hydrogen (secondary N) is 1. The average Bonchev–Trinajstić information content (AvgIpc) is 2.19. The van der Waals surface area contributed by atoms with Crippen molar-refractivity contribution in [3.8, 4) is 0 Å². The minimum Gasteiger partial charge on any atom is -0.379 e. The highest BCUT2D eigenvalue weighted by Crippen LogP contribution is 2.09. The predicted octanol–water partition coefficient (Wildman–Crippen LogP) is -1.18. The maximum absolute atomic E-state index is 10.6. The zero-order valence-corrected chi connectivity index (χ0v) is 8.37. The monoisotopic (exact) mass is 201 g/mol. The first-order valence-electron chi connectivity index (χ1n) is 5.03. The first-order valence-corrected chi connectivity index (χ1v) is 5.03. The molecular weight excluding hydrogens is 182 g/mol. The molecule has 1 heterocycles. The predicted molar refractivity (Wildman–Crippen MR) is 53.6 cm³/mol. The van der Waals surface area contributed by atoms with Gasteiger partial charge in [-0.2, -0.15) is 0 Å². The van der Waals surface area contributed by atoms with Crippen molar-refractivity contribution in [1.29, 1.82) is 0 Å². The second-order valence-electron chi connectivity index (χ2n) is 3.76. The fourth-order valence-electron chi connectivity index (χ4n) is 1.51. The molecule has 0 spiro atoms. The van der Waals surface area contributed by atoms with Crippen molar-refractivity contribution >= 4 is 5.91 Å². The van der Waals surface area contributed by atoms with Gasteiger partial charge in [-0.05, 0) is 25.3 Å². The molecule has 0 aromatic heterocycles. The van der Waals surface area contributed by atoms with Crippen molar-refractivity contribution in [1.82, 2.24) is 5.32 Å². The molecule has 0 aliphatic carbocycles. The van der Waals surface area contributed by atoms with Crippen LogP contribution in [0.5, 0.6) is 0 Å². The average molecular weight is 201 g/mol. The zero-order chi connectivity index (χ0) is 10.4. The van der Waals surface area contributed by atoms with E-state index in [1.807, 2.05) is 0 Å². The zero-order valence-electron chi connectivity index (χ0n) is 8.37. The molecule has 0 saturated carbocycles. The number of hydrogen-bond donors (Lipinski definition) is 3. The lowest BCUT2D eigenvalue weighted by Gasteiger charge is -2.22. The third-order valence-electron chi connectivity index (χ3n) is 2.42. The molecule has 0 aromatic rings. The summed E-state index contributed by atoms with van der Waals surface area (Å²) in [5.41, 5.74) is 10.4. The van der Waals surface area contributed by atoms with Gasteiger partial charge in [-0.25, -0.2) is 0 Å². The molecule has 2 unspecified atom stereocenters. The van der Waals surface area contributed by atoms with Crippen LogP contribution in [0.3, 0.4) is 0 Å². The quantitative estimate of drug-likeness (QED) is 0.522. The van der Waals surface area contributed by atoms with E-state index in [4.69, 9.17) is 16.2 Å². The van der Waals surface area contributed by atoms with Gasteiger partial charge in [0.25, 0.3) is 0 Å². The molecule has 1 fully saturated rings. The second kappa shape index (κ2) is 5.95. The van der Waals surface area contributed by atoms with E-state index in [2.05, 4.69) is 5.32 Å². The lowest BCUT2D eigenvalue weighted by Crippen LogP contribution is -2.41. The highest BCUT2D eigenvalue weighted by Gasteiger charge is 2.14. The van der Waals surface area contributed by atoms with E-state index < -0.39 is 11.9 Å². The highest BCUT2D eigenvalue weighted by molar-refractivity contribution is 5.79. The van der Waals surface area contributed by atoms with E-state index in [1.165, 1.54) is 12.8 Å². The summed E-state index contributed by atoms with van der Waals surface area (Å²) in [6.45, 7) is 2.98. The Labute approximate surface area is 84.2 Å². The molecule has 1 saturated heterocycles. The van der Waals surface area contributed by atoms with Crippen LogP contribution in [0.25, 0.3) is 0 Å². The molecule has 82 valence electrons. The van der Waals surface area contributed by atoms with E-state index in [-0.39, 0.29) is 6.61 Å². The Kier molecular flexibility index (Phi) is 4.86. The van der Waals surface area contributed by atoms with Gasteiger partial charge in [-0.15, -0.1) is 0 Å². The largest absolute Gasteiger partial charge is 0.379 e. The fraction of sp³-hybridized carbons (Fsp3) is 0.889. The third-order valence-corrected chi connectivity index (χ3v) is 2.42. The van der Waals surface area contributed by atoms with Gasteiger partial charge in [0.15, 0.2) is 0 Å². The van der Waals surface area contributed by atoms with Crippen LogP contribution in [0.15, 0.2) is 0 Å². The molecule has 1 aliphatic rings. The van der Waals surface area contributed by atoms with Gasteiger partial charge >= 0.3 is 0 Å². The van der Waals surface area contributed by atoms with Crippen LogP contribution in [0, 0.1) is 5.92 Å². The maximum Gasteiger partial charge on any atom is 0.236 e. The van der Waals surface area contributed by atoms with Gasteiger partial charge in [0, 0.05) is 6.54 Å². The molecular formula is C9H19N3O2. The number of nitrogens with two attached hydrogens (primary N) is 2. The van der Waals surface area contributed by atoms with Crippen LogP contribution < -0.4 is 16.8 Å². The molecule has 5 N–H and O–H groups in total. The second-order valence-corrected chi connectivity index (χ2v) is 3.76. The summed E-state index contributed by atoms with van der Waals surface area (Å²) in [4.78, 5) is 10.6. The molecule has 0 bridgehead atoms. The highest BCUT2D eigenvalue weighted by atomic mass is 16.5. The summed E-state index contributed by atoms with van der Waals surface area (Å²) in [6.07, 6.45) is 2.37. The Bertz CT molecular complexity index is 181. The van der Waals surface area contributed by atoms with Crippen LogP contribution in [0.4, 0.5) is 0 Å². The lowest BCUT2D eigenvalue weighted by molar-refractivity contribution is -0.120. The third kappa shape index (κ3) is 4.04. The molecule has 1 rings (SSSR count). The van der Waals surface area contributed by atoms with Gasteiger partial charge in [0.1, 0.15) is 6.04 Å². The fourth-order valence-corrected chi connectivity index (χ4v) is 1.51. The summed E-state index contributed by atoms with van der Waals surface area (Å²) in [6, 6.07) is -0.674. The van der Waals surface area contributed by atoms with E-state index in [0.29, 0.717) is 12.5 Å². The van der Waals surface area contributed by atoms with E-state index in [9.17, 15) is 4.79 Å². The molecule has 5 heteroatoms. The van der Waals surface area contributed by atoms with Crippen molar-refractivity contribution in [3.63, 3.8) is 0 Å². The standard InChI is InChI=1S/C9H19N3O2/c10-8(9(11)13)6-14-5-7-2-1-3-12-4-7/h7-8,12H,1-6,10H2,(H2,11,13). The topological polar surface area (TPSA) is 90.4 Å². The number of piperidine rings is 1. The van der Waals surface area contributed by atoms with Gasteiger partial charge in [0.05, 0.1) is 13.2 Å². The van der Waals surface area contributed by atoms with Crippen molar-refractivity contribution < 1.29 is 9.53 Å². The smallest absolute Gasteiger partial charge is 0.236 e. The van der Waals surface area contributed by atoms with Gasteiger partial charge in [-0.3, -0.25) is 4.79 Å². The Balaban J connectivity index is 2.05. The van der Waals surface area contributed by atoms with Crippen molar-refractivity contribution in [2.24, 2.45) is 17.4 Å². The number of carbonyl (C=O) groups is 1. The normalized spacial score (nSPS) is 24.5. The molecule has 1 amide bonds. The molecule has 5 nitrogen and oxygen atoms in total. The number of ether oxygens (including phenoxy) is 1.